The van der Waals surface area contributed by atoms with Crippen LogP contribution in [-0.2, 0) is 10.0 Å². The molecule has 0 aromatic heterocycles. The van der Waals surface area contributed by atoms with Crippen LogP contribution in [0.2, 0.25) is 0 Å². The molecular weight excluding hydrogens is 288 g/mol. The molecule has 0 bridgehead atoms. The minimum atomic E-state index is -3.51. The number of nitrogens with two attached hydrogens (primary N) is 1. The van der Waals surface area contributed by atoms with Gasteiger partial charge < -0.3 is 11.1 Å². The Morgan fingerprint density at radius 2 is 1.81 bits per heavy atom. The van der Waals surface area contributed by atoms with Gasteiger partial charge in [-0.05, 0) is 49.5 Å². The van der Waals surface area contributed by atoms with E-state index in [4.69, 9.17) is 11.0 Å². The van der Waals surface area contributed by atoms with E-state index in [-0.39, 0.29) is 4.90 Å². The summed E-state index contributed by atoms with van der Waals surface area (Å²) in [7, 11) is -2.17. The maximum atomic E-state index is 11.7. The average molecular weight is 302 g/mol. The zero-order valence-corrected chi connectivity index (χ0v) is 12.1. The number of nitrogen functional groups attached to an aromatic ring is 1. The van der Waals surface area contributed by atoms with Gasteiger partial charge in [0.2, 0.25) is 10.0 Å². The van der Waals surface area contributed by atoms with Gasteiger partial charge in [-0.2, -0.15) is 5.26 Å². The molecule has 0 saturated heterocycles. The van der Waals surface area contributed by atoms with Gasteiger partial charge in [0, 0.05) is 5.69 Å². The highest BCUT2D eigenvalue weighted by Gasteiger charge is 2.12. The van der Waals surface area contributed by atoms with E-state index >= 15 is 0 Å². The van der Waals surface area contributed by atoms with E-state index < -0.39 is 10.0 Å². The zero-order chi connectivity index (χ0) is 15.5. The maximum absolute atomic E-state index is 11.7. The van der Waals surface area contributed by atoms with Crippen LogP contribution >= 0.6 is 0 Å². The summed E-state index contributed by atoms with van der Waals surface area (Å²) in [5.41, 5.74) is 8.09. The second-order valence-electron chi connectivity index (χ2n) is 4.27. The normalized spacial score (nSPS) is 10.9. The van der Waals surface area contributed by atoms with Crippen molar-refractivity contribution in [1.82, 2.24) is 4.72 Å². The molecule has 0 heterocycles. The highest BCUT2D eigenvalue weighted by molar-refractivity contribution is 7.89. The van der Waals surface area contributed by atoms with E-state index in [0.29, 0.717) is 16.9 Å². The molecule has 6 nitrogen and oxygen atoms in total. The van der Waals surface area contributed by atoms with Crippen molar-refractivity contribution < 1.29 is 8.42 Å². The second-order valence-corrected chi connectivity index (χ2v) is 6.16. The fraction of sp³-hybridized carbons (Fsp3) is 0.0714. The molecule has 2 rings (SSSR count). The SMILES string of the molecule is CNS(=O)(=O)c1ccc(Nc2ccc(C#N)cc2)c(N)c1. The van der Waals surface area contributed by atoms with E-state index in [2.05, 4.69) is 10.0 Å². The summed E-state index contributed by atoms with van der Waals surface area (Å²) in [6, 6.07) is 13.3. The highest BCUT2D eigenvalue weighted by Crippen LogP contribution is 2.26. The monoisotopic (exact) mass is 302 g/mol. The fourth-order valence-corrected chi connectivity index (χ4v) is 2.49. The number of nitriles is 1. The molecule has 4 N–H and O–H groups in total. The molecule has 0 fully saturated rings. The van der Waals surface area contributed by atoms with E-state index in [1.54, 1.807) is 30.3 Å². The molecule has 7 heteroatoms. The van der Waals surface area contributed by atoms with Crippen LogP contribution in [-0.4, -0.2) is 15.5 Å². The molecule has 0 atom stereocenters. The topological polar surface area (TPSA) is 108 Å². The number of hydrogen-bond donors (Lipinski definition) is 3. The molecule has 0 aliphatic rings. The standard InChI is InChI=1S/C14H14N4O2S/c1-17-21(19,20)12-6-7-14(13(16)8-12)18-11-4-2-10(9-15)3-5-11/h2-8,17-18H,16H2,1H3. The smallest absolute Gasteiger partial charge is 0.240 e. The average Bonchev–Trinajstić information content (AvgIpc) is 2.50. The largest absolute Gasteiger partial charge is 0.397 e. The molecule has 0 saturated carbocycles. The molecule has 108 valence electrons. The minimum Gasteiger partial charge on any atom is -0.397 e. The lowest BCUT2D eigenvalue weighted by molar-refractivity contribution is 0.588. The van der Waals surface area contributed by atoms with Crippen molar-refractivity contribution in [3.63, 3.8) is 0 Å². The Balaban J connectivity index is 2.27. The third kappa shape index (κ3) is 3.31. The first-order valence-electron chi connectivity index (χ1n) is 6.06. The lowest BCUT2D eigenvalue weighted by Gasteiger charge is -2.11. The van der Waals surface area contributed by atoms with Gasteiger partial charge in [0.1, 0.15) is 0 Å². The van der Waals surface area contributed by atoms with Gasteiger partial charge in [0.25, 0.3) is 0 Å². The van der Waals surface area contributed by atoms with E-state index in [0.717, 1.165) is 5.69 Å². The summed E-state index contributed by atoms with van der Waals surface area (Å²) in [5.74, 6) is 0. The van der Waals surface area contributed by atoms with Crippen molar-refractivity contribution in [3.05, 3.63) is 48.0 Å². The summed E-state index contributed by atoms with van der Waals surface area (Å²) in [4.78, 5) is 0.105. The summed E-state index contributed by atoms with van der Waals surface area (Å²) < 4.78 is 25.6. The van der Waals surface area contributed by atoms with Gasteiger partial charge in [-0.1, -0.05) is 0 Å². The van der Waals surface area contributed by atoms with Gasteiger partial charge in [-0.15, -0.1) is 0 Å². The predicted octanol–water partition coefficient (Wildman–Crippen LogP) is 1.79. The van der Waals surface area contributed by atoms with E-state index in [1.807, 2.05) is 6.07 Å². The van der Waals surface area contributed by atoms with Crippen molar-refractivity contribution in [3.8, 4) is 6.07 Å². The Morgan fingerprint density at radius 3 is 2.33 bits per heavy atom. The quantitative estimate of drug-likeness (QED) is 0.746. The molecule has 0 radical (unpaired) electrons. The number of anilines is 3. The Bertz CT molecular complexity index is 793. The molecule has 0 aliphatic heterocycles. The molecule has 0 aliphatic carbocycles. The van der Waals surface area contributed by atoms with Crippen molar-refractivity contribution in [2.45, 2.75) is 4.90 Å². The van der Waals surface area contributed by atoms with E-state index in [1.165, 1.54) is 19.2 Å². The number of sulfonamides is 1. The van der Waals surface area contributed by atoms with Crippen LogP contribution in [0.5, 0.6) is 0 Å². The lowest BCUT2D eigenvalue weighted by Crippen LogP contribution is -2.18. The third-order valence-corrected chi connectivity index (χ3v) is 4.31. The highest BCUT2D eigenvalue weighted by atomic mass is 32.2. The Hall–Kier alpha value is -2.56. The Kier molecular flexibility index (Phi) is 4.12. The van der Waals surface area contributed by atoms with Crippen molar-refractivity contribution in [1.29, 1.82) is 5.26 Å². The summed E-state index contributed by atoms with van der Waals surface area (Å²) in [6.07, 6.45) is 0. The first kappa shape index (κ1) is 14.8. The molecule has 0 unspecified atom stereocenters. The number of nitrogens with zero attached hydrogens (tertiary/aromatic N) is 1. The van der Waals surface area contributed by atoms with Crippen molar-refractivity contribution in [2.75, 3.05) is 18.1 Å². The molecule has 2 aromatic rings. The molecular formula is C14H14N4O2S. The minimum absolute atomic E-state index is 0.105. The molecule has 0 amide bonds. The van der Waals surface area contributed by atoms with E-state index in [9.17, 15) is 8.42 Å². The summed E-state index contributed by atoms with van der Waals surface area (Å²) in [6.45, 7) is 0. The van der Waals surface area contributed by atoms with Crippen molar-refractivity contribution in [2.24, 2.45) is 0 Å². The second kappa shape index (κ2) is 5.83. The van der Waals surface area contributed by atoms with Crippen LogP contribution in [0, 0.1) is 11.3 Å². The Morgan fingerprint density at radius 1 is 1.14 bits per heavy atom. The predicted molar refractivity (Wildman–Crippen MR) is 81.5 cm³/mol. The van der Waals surface area contributed by atoms with Crippen LogP contribution in [0.25, 0.3) is 0 Å². The van der Waals surface area contributed by atoms with Crippen LogP contribution in [0.3, 0.4) is 0 Å². The van der Waals surface area contributed by atoms with Gasteiger partial charge >= 0.3 is 0 Å². The Labute approximate surface area is 123 Å². The van der Waals surface area contributed by atoms with Gasteiger partial charge in [0.15, 0.2) is 0 Å². The summed E-state index contributed by atoms with van der Waals surface area (Å²) in [5, 5.41) is 11.8. The van der Waals surface area contributed by atoms with Crippen LogP contribution in [0.1, 0.15) is 5.56 Å². The first-order valence-corrected chi connectivity index (χ1v) is 7.55. The van der Waals surface area contributed by atoms with Gasteiger partial charge in [0.05, 0.1) is 27.9 Å². The van der Waals surface area contributed by atoms with Gasteiger partial charge in [-0.3, -0.25) is 0 Å². The number of nitrogens with one attached hydrogen (secondary N) is 2. The molecule has 21 heavy (non-hydrogen) atoms. The van der Waals surface area contributed by atoms with Crippen LogP contribution < -0.4 is 15.8 Å². The van der Waals surface area contributed by atoms with Gasteiger partial charge in [-0.25, -0.2) is 13.1 Å². The lowest BCUT2D eigenvalue weighted by atomic mass is 10.2. The van der Waals surface area contributed by atoms with Crippen LogP contribution in [0.15, 0.2) is 47.4 Å². The summed E-state index contributed by atoms with van der Waals surface area (Å²) >= 11 is 0. The maximum Gasteiger partial charge on any atom is 0.240 e. The first-order chi connectivity index (χ1) is 9.96. The fourth-order valence-electron chi connectivity index (χ4n) is 1.72. The van der Waals surface area contributed by atoms with Crippen molar-refractivity contribution >= 4 is 27.1 Å². The third-order valence-electron chi connectivity index (χ3n) is 2.90. The number of rotatable bonds is 4. The number of hydrogen-bond acceptors (Lipinski definition) is 5. The van der Waals surface area contributed by atoms with Crippen LogP contribution in [0.4, 0.5) is 17.1 Å². The molecule has 2 aromatic carbocycles. The number of benzene rings is 2. The molecule has 0 spiro atoms. The zero-order valence-electron chi connectivity index (χ0n) is 11.3.